The van der Waals surface area contributed by atoms with Crippen molar-refractivity contribution < 1.29 is 29.0 Å². The van der Waals surface area contributed by atoms with Gasteiger partial charge < -0.3 is 24.8 Å². The first-order chi connectivity index (χ1) is 19.1. The van der Waals surface area contributed by atoms with E-state index in [0.29, 0.717) is 18.5 Å². The van der Waals surface area contributed by atoms with E-state index in [1.807, 2.05) is 32.3 Å². The molecule has 3 rings (SSSR count). The van der Waals surface area contributed by atoms with Crippen molar-refractivity contribution in [3.05, 3.63) is 91.7 Å². The number of ether oxygens (including phenoxy) is 2. The molecule has 214 valence electrons. The number of allylic oxidation sites excluding steroid dienone is 1. The Labute approximate surface area is 244 Å². The van der Waals surface area contributed by atoms with Crippen LogP contribution in [0.4, 0.5) is 0 Å². The number of benzene rings is 2. The summed E-state index contributed by atoms with van der Waals surface area (Å²) in [6, 6.07) is 12.9. The maximum Gasteiger partial charge on any atom is 0.336 e. The molecule has 1 heterocycles. The Kier molecular flexibility index (Phi) is 11.2. The minimum atomic E-state index is -1.17. The highest BCUT2D eigenvalue weighted by atomic mass is 35.5. The lowest BCUT2D eigenvalue weighted by atomic mass is 9.78. The van der Waals surface area contributed by atoms with E-state index in [1.54, 1.807) is 18.2 Å². The molecule has 0 aromatic heterocycles. The number of dihydropyridines is 1. The Hall–Kier alpha value is -3.33. The topological polar surface area (TPSA) is 105 Å². The van der Waals surface area contributed by atoms with E-state index in [0.717, 1.165) is 24.9 Å². The lowest BCUT2D eigenvalue weighted by Crippen LogP contribution is -2.35. The average molecular weight is 590 g/mol. The molecule has 10 heteroatoms. The molecule has 2 aromatic carbocycles. The van der Waals surface area contributed by atoms with E-state index in [9.17, 15) is 19.5 Å². The van der Waals surface area contributed by atoms with E-state index in [-0.39, 0.29) is 32.5 Å². The molecular formula is C30H34Cl2N2O6. The fourth-order valence-corrected chi connectivity index (χ4v) is 5.58. The maximum atomic E-state index is 13.4. The number of carbonyl (C=O) groups is 3. The van der Waals surface area contributed by atoms with Crippen molar-refractivity contribution >= 4 is 41.1 Å². The number of halogens is 2. The highest BCUT2D eigenvalue weighted by Crippen LogP contribution is 2.45. The Bertz CT molecular complexity index is 1310. The predicted molar refractivity (Wildman–Crippen MR) is 154 cm³/mol. The summed E-state index contributed by atoms with van der Waals surface area (Å²) in [5, 5.41) is 13.2. The van der Waals surface area contributed by atoms with Crippen LogP contribution in [0.5, 0.6) is 0 Å². The van der Waals surface area contributed by atoms with Crippen LogP contribution in [0, 0.1) is 0 Å². The largest absolute Gasteiger partial charge is 0.481 e. The molecule has 0 fully saturated rings. The van der Waals surface area contributed by atoms with Crippen LogP contribution in [-0.4, -0.2) is 62.8 Å². The normalized spacial score (nSPS) is 15.2. The van der Waals surface area contributed by atoms with Crippen LogP contribution in [0.25, 0.3) is 0 Å². The van der Waals surface area contributed by atoms with Crippen LogP contribution in [0.1, 0.15) is 41.9 Å². The number of nitrogens with zero attached hydrogens (tertiary/aromatic N) is 1. The van der Waals surface area contributed by atoms with Gasteiger partial charge in [0.1, 0.15) is 0 Å². The molecule has 0 spiro atoms. The summed E-state index contributed by atoms with van der Waals surface area (Å²) in [7, 11) is 6.50. The molecule has 0 bridgehead atoms. The fraction of sp³-hybridized carbons (Fsp3) is 0.367. The molecule has 0 radical (unpaired) electrons. The zero-order chi connectivity index (χ0) is 29.4. The molecule has 0 saturated heterocycles. The summed E-state index contributed by atoms with van der Waals surface area (Å²) in [6.07, 6.45) is 2.25. The van der Waals surface area contributed by atoms with Gasteiger partial charge in [-0.3, -0.25) is 4.79 Å². The number of hydrogen-bond acceptors (Lipinski definition) is 7. The van der Waals surface area contributed by atoms with Crippen molar-refractivity contribution in [3.8, 4) is 0 Å². The van der Waals surface area contributed by atoms with Gasteiger partial charge >= 0.3 is 17.9 Å². The van der Waals surface area contributed by atoms with Gasteiger partial charge in [0.05, 0.1) is 37.7 Å². The van der Waals surface area contributed by atoms with Gasteiger partial charge in [0.2, 0.25) is 0 Å². The van der Waals surface area contributed by atoms with Crippen molar-refractivity contribution in [1.29, 1.82) is 0 Å². The maximum absolute atomic E-state index is 13.4. The number of rotatable bonds is 12. The summed E-state index contributed by atoms with van der Waals surface area (Å²) in [5.41, 5.74) is 3.18. The second-order valence-corrected chi connectivity index (χ2v) is 10.5. The predicted octanol–water partition coefficient (Wildman–Crippen LogP) is 5.14. The van der Waals surface area contributed by atoms with Crippen molar-refractivity contribution in [2.75, 3.05) is 34.9 Å². The molecule has 40 heavy (non-hydrogen) atoms. The Morgan fingerprint density at radius 2 is 1.40 bits per heavy atom. The first kappa shape index (κ1) is 31.2. The fourth-order valence-electron chi connectivity index (χ4n) is 4.97. The molecule has 8 nitrogen and oxygen atoms in total. The van der Waals surface area contributed by atoms with Gasteiger partial charge in [-0.1, -0.05) is 53.5 Å². The monoisotopic (exact) mass is 588 g/mol. The van der Waals surface area contributed by atoms with Gasteiger partial charge in [-0.2, -0.15) is 0 Å². The van der Waals surface area contributed by atoms with Gasteiger partial charge in [-0.15, -0.1) is 0 Å². The Morgan fingerprint density at radius 3 is 1.93 bits per heavy atom. The van der Waals surface area contributed by atoms with Crippen molar-refractivity contribution in [2.24, 2.45) is 0 Å². The van der Waals surface area contributed by atoms with Crippen LogP contribution >= 0.6 is 23.2 Å². The van der Waals surface area contributed by atoms with Gasteiger partial charge in [0.25, 0.3) is 0 Å². The number of aryl methyl sites for hydroxylation is 2. The molecule has 2 N–H and O–H groups in total. The second-order valence-electron chi connectivity index (χ2n) is 9.71. The number of carboxylic acids is 1. The third-order valence-electron chi connectivity index (χ3n) is 6.77. The minimum absolute atomic E-state index is 0.0619. The first-order valence-corrected chi connectivity index (χ1v) is 13.6. The Morgan fingerprint density at radius 1 is 0.850 bits per heavy atom. The number of methoxy groups -OCH3 is 2. The van der Waals surface area contributed by atoms with Crippen molar-refractivity contribution in [3.63, 3.8) is 0 Å². The summed E-state index contributed by atoms with van der Waals surface area (Å²) >= 11 is 13.2. The molecule has 1 aliphatic rings. The summed E-state index contributed by atoms with van der Waals surface area (Å²) in [6.45, 7) is 0.952. The van der Waals surface area contributed by atoms with Crippen LogP contribution in [0.15, 0.2) is 65.0 Å². The molecular weight excluding hydrogens is 555 g/mol. The van der Waals surface area contributed by atoms with Crippen LogP contribution in [0.2, 0.25) is 10.0 Å². The molecule has 1 unspecified atom stereocenters. The second kappa shape index (κ2) is 14.3. The lowest BCUT2D eigenvalue weighted by molar-refractivity contribution is -0.137. The number of nitrogens with one attached hydrogen (secondary N) is 1. The van der Waals surface area contributed by atoms with Gasteiger partial charge in [0.15, 0.2) is 0 Å². The molecule has 0 saturated carbocycles. The van der Waals surface area contributed by atoms with E-state index in [4.69, 9.17) is 32.7 Å². The average Bonchev–Trinajstić information content (AvgIpc) is 2.91. The van der Waals surface area contributed by atoms with E-state index < -0.39 is 30.2 Å². The number of carbonyl (C=O) groups excluding carboxylic acids is 2. The quantitative estimate of drug-likeness (QED) is 0.328. The summed E-state index contributed by atoms with van der Waals surface area (Å²) in [4.78, 5) is 40.5. The van der Waals surface area contributed by atoms with Crippen LogP contribution in [-0.2, 0) is 36.7 Å². The van der Waals surface area contributed by atoms with Crippen LogP contribution in [0.3, 0.4) is 0 Å². The molecule has 2 aromatic rings. The van der Waals surface area contributed by atoms with E-state index in [2.05, 4.69) is 16.3 Å². The highest BCUT2D eigenvalue weighted by Gasteiger charge is 2.41. The molecule has 0 aliphatic carbocycles. The van der Waals surface area contributed by atoms with Crippen molar-refractivity contribution in [1.82, 2.24) is 10.2 Å². The van der Waals surface area contributed by atoms with Crippen LogP contribution < -0.4 is 5.32 Å². The third-order valence-corrected chi connectivity index (χ3v) is 7.43. The third kappa shape index (κ3) is 7.44. The number of aliphatic carboxylic acids is 1. The van der Waals surface area contributed by atoms with Gasteiger partial charge in [0, 0.05) is 27.0 Å². The number of esters is 2. The summed E-state index contributed by atoms with van der Waals surface area (Å²) in [5.74, 6) is -3.78. The van der Waals surface area contributed by atoms with Gasteiger partial charge in [-0.25, -0.2) is 9.59 Å². The lowest BCUT2D eigenvalue weighted by Gasteiger charge is -2.33. The first-order valence-electron chi connectivity index (χ1n) is 12.9. The standard InChI is InChI=1S/C30H34Cl2N2O6/c1-34(2)16-8-11-18-9-5-6-10-19(18)14-15-22-26(29(37)39-3)28(25-20(31)12-7-13-21(25)32)27(30(38)40-4)23(33-22)17-24(35)36/h5-7,9-10,12-13,28,33H,8,11,14-17H2,1-4H3,(H,35,36). The zero-order valence-corrected chi connectivity index (χ0v) is 24.6. The Balaban J connectivity index is 2.16. The smallest absolute Gasteiger partial charge is 0.336 e. The highest BCUT2D eigenvalue weighted by molar-refractivity contribution is 6.36. The van der Waals surface area contributed by atoms with Crippen molar-refractivity contribution in [2.45, 2.75) is 38.0 Å². The summed E-state index contributed by atoms with van der Waals surface area (Å²) < 4.78 is 10.2. The molecule has 1 aliphatic heterocycles. The zero-order valence-electron chi connectivity index (χ0n) is 23.1. The molecule has 0 amide bonds. The van der Waals surface area contributed by atoms with Gasteiger partial charge in [-0.05, 0) is 69.6 Å². The number of carboxylic acid groups (broad SMARTS) is 1. The van der Waals surface area contributed by atoms with E-state index >= 15 is 0 Å². The van der Waals surface area contributed by atoms with E-state index in [1.165, 1.54) is 19.8 Å². The minimum Gasteiger partial charge on any atom is -0.481 e. The molecule has 1 atom stereocenters. The SMILES string of the molecule is COC(=O)C1=C(CCc2ccccc2CCCN(C)C)NC(CC(=O)O)=C(C(=O)OC)C1c1c(Cl)cccc1Cl. The number of hydrogen-bond donors (Lipinski definition) is 2.